The summed E-state index contributed by atoms with van der Waals surface area (Å²) in [7, 11) is 0. The average Bonchev–Trinajstić information content (AvgIpc) is 2.47. The summed E-state index contributed by atoms with van der Waals surface area (Å²) in [5.41, 5.74) is 0.316. The van der Waals surface area contributed by atoms with Crippen molar-refractivity contribution < 1.29 is 22.4 Å². The van der Waals surface area contributed by atoms with Crippen molar-refractivity contribution in [1.29, 1.82) is 0 Å². The summed E-state index contributed by atoms with van der Waals surface area (Å²) in [6, 6.07) is 8.59. The van der Waals surface area contributed by atoms with E-state index in [0.29, 0.717) is 5.56 Å². The zero-order valence-corrected chi connectivity index (χ0v) is 10.8. The van der Waals surface area contributed by atoms with Gasteiger partial charge >= 0.3 is 0 Å². The van der Waals surface area contributed by atoms with Crippen LogP contribution in [0.15, 0.2) is 47.6 Å². The predicted octanol–water partition coefficient (Wildman–Crippen LogP) is 4.45. The number of benzene rings is 2. The van der Waals surface area contributed by atoms with Gasteiger partial charge < -0.3 is 4.84 Å². The molecule has 0 atom stereocenters. The highest BCUT2D eigenvalue weighted by Gasteiger charge is 2.06. The molecule has 2 nitrogen and oxygen atoms in total. The molecular formula is C15H11F4NO. The minimum atomic E-state index is -2.57. The average molecular weight is 297 g/mol. The molecule has 0 aliphatic rings. The maximum atomic E-state index is 13.3. The molecule has 0 saturated carbocycles. The van der Waals surface area contributed by atoms with Gasteiger partial charge in [0.1, 0.15) is 18.2 Å². The van der Waals surface area contributed by atoms with E-state index in [1.54, 1.807) is 6.07 Å². The second-order valence-electron chi connectivity index (χ2n) is 4.21. The van der Waals surface area contributed by atoms with Gasteiger partial charge in [-0.15, -0.1) is 0 Å². The van der Waals surface area contributed by atoms with Crippen LogP contribution in [0.5, 0.6) is 0 Å². The molecular weight excluding hydrogens is 286 g/mol. The fourth-order valence-corrected chi connectivity index (χ4v) is 1.63. The molecule has 0 saturated heterocycles. The highest BCUT2D eigenvalue weighted by atomic mass is 19.3. The number of nitrogens with zero attached hydrogens (tertiary/aromatic N) is 1. The molecule has 2 aromatic carbocycles. The Morgan fingerprint density at radius 3 is 2.67 bits per heavy atom. The zero-order chi connectivity index (χ0) is 15.2. The smallest absolute Gasteiger partial charge is 0.263 e. The summed E-state index contributed by atoms with van der Waals surface area (Å²) in [4.78, 5) is 4.84. The van der Waals surface area contributed by atoms with Crippen LogP contribution < -0.4 is 0 Å². The molecule has 0 aromatic heterocycles. The summed E-state index contributed by atoms with van der Waals surface area (Å²) in [5.74, 6) is -1.19. The van der Waals surface area contributed by atoms with E-state index in [1.165, 1.54) is 24.4 Å². The molecule has 0 amide bonds. The molecule has 110 valence electrons. The van der Waals surface area contributed by atoms with Crippen molar-refractivity contribution in [1.82, 2.24) is 0 Å². The lowest BCUT2D eigenvalue weighted by Gasteiger charge is -2.02. The van der Waals surface area contributed by atoms with Crippen molar-refractivity contribution in [2.75, 3.05) is 0 Å². The maximum absolute atomic E-state index is 13.3. The van der Waals surface area contributed by atoms with Crippen molar-refractivity contribution >= 4 is 6.21 Å². The Morgan fingerprint density at radius 1 is 1.10 bits per heavy atom. The van der Waals surface area contributed by atoms with E-state index >= 15 is 0 Å². The Morgan fingerprint density at radius 2 is 1.90 bits per heavy atom. The van der Waals surface area contributed by atoms with Crippen LogP contribution in [0.1, 0.15) is 23.1 Å². The van der Waals surface area contributed by atoms with E-state index < -0.39 is 18.1 Å². The second-order valence-corrected chi connectivity index (χ2v) is 4.21. The van der Waals surface area contributed by atoms with Gasteiger partial charge in [0, 0.05) is 11.1 Å². The van der Waals surface area contributed by atoms with Crippen LogP contribution >= 0.6 is 0 Å². The number of hydrogen-bond donors (Lipinski definition) is 0. The highest BCUT2D eigenvalue weighted by Crippen LogP contribution is 2.18. The molecule has 21 heavy (non-hydrogen) atoms. The largest absolute Gasteiger partial charge is 0.391 e. The molecule has 6 heteroatoms. The Labute approximate surface area is 118 Å². The highest BCUT2D eigenvalue weighted by molar-refractivity contribution is 5.79. The van der Waals surface area contributed by atoms with Gasteiger partial charge in [0.05, 0.1) is 6.21 Å². The SMILES string of the molecule is Fc1ccc(F)c(CON=Cc2cccc(C(F)F)c2)c1. The summed E-state index contributed by atoms with van der Waals surface area (Å²) >= 11 is 0. The van der Waals surface area contributed by atoms with Gasteiger partial charge in [-0.05, 0) is 29.8 Å². The molecule has 0 N–H and O–H groups in total. The molecule has 0 fully saturated rings. The van der Waals surface area contributed by atoms with Crippen LogP contribution in [-0.2, 0) is 11.4 Å². The van der Waals surface area contributed by atoms with Crippen molar-refractivity contribution in [3.8, 4) is 0 Å². The molecule has 0 unspecified atom stereocenters. The third kappa shape index (κ3) is 4.30. The lowest BCUT2D eigenvalue weighted by atomic mass is 10.1. The molecule has 0 heterocycles. The number of rotatable bonds is 5. The number of hydrogen-bond acceptors (Lipinski definition) is 2. The Kier molecular flexibility index (Phi) is 4.92. The monoisotopic (exact) mass is 297 g/mol. The first-order chi connectivity index (χ1) is 10.1. The molecule has 0 aliphatic carbocycles. The van der Waals surface area contributed by atoms with Crippen LogP contribution in [0.4, 0.5) is 17.6 Å². The van der Waals surface area contributed by atoms with E-state index in [4.69, 9.17) is 4.84 Å². The zero-order valence-electron chi connectivity index (χ0n) is 10.8. The minimum Gasteiger partial charge on any atom is -0.391 e. The fourth-order valence-electron chi connectivity index (χ4n) is 1.63. The second kappa shape index (κ2) is 6.88. The predicted molar refractivity (Wildman–Crippen MR) is 70.1 cm³/mol. The summed E-state index contributed by atoms with van der Waals surface area (Å²) in [6.07, 6.45) is -1.34. The molecule has 0 radical (unpaired) electrons. The van der Waals surface area contributed by atoms with Crippen LogP contribution in [-0.4, -0.2) is 6.21 Å². The summed E-state index contributed by atoms with van der Waals surface area (Å²) < 4.78 is 51.2. The van der Waals surface area contributed by atoms with Gasteiger partial charge in [-0.1, -0.05) is 23.4 Å². The number of halogens is 4. The minimum absolute atomic E-state index is 0.0217. The van der Waals surface area contributed by atoms with E-state index in [0.717, 1.165) is 18.2 Å². The first-order valence-electron chi connectivity index (χ1n) is 6.03. The third-order valence-electron chi connectivity index (χ3n) is 2.67. The summed E-state index contributed by atoms with van der Waals surface area (Å²) in [5, 5.41) is 3.55. The van der Waals surface area contributed by atoms with E-state index in [9.17, 15) is 17.6 Å². The van der Waals surface area contributed by atoms with Crippen LogP contribution in [0.25, 0.3) is 0 Å². The molecule has 0 aliphatic heterocycles. The number of oxime groups is 1. The normalized spacial score (nSPS) is 11.3. The van der Waals surface area contributed by atoms with Crippen molar-refractivity contribution in [3.63, 3.8) is 0 Å². The molecule has 2 rings (SSSR count). The van der Waals surface area contributed by atoms with Gasteiger partial charge in [0.2, 0.25) is 0 Å². The van der Waals surface area contributed by atoms with E-state index in [-0.39, 0.29) is 17.7 Å². The Balaban J connectivity index is 1.96. The van der Waals surface area contributed by atoms with Crippen molar-refractivity contribution in [3.05, 3.63) is 70.8 Å². The van der Waals surface area contributed by atoms with Gasteiger partial charge in [0.25, 0.3) is 6.43 Å². The summed E-state index contributed by atoms with van der Waals surface area (Å²) in [6.45, 7) is -0.255. The lowest BCUT2D eigenvalue weighted by molar-refractivity contribution is 0.129. The molecule has 2 aromatic rings. The quantitative estimate of drug-likeness (QED) is 0.454. The standard InChI is InChI=1S/C15H11F4NO/c16-13-4-5-14(17)12(7-13)9-21-20-8-10-2-1-3-11(6-10)15(18)19/h1-8,15H,9H2. The van der Waals surface area contributed by atoms with Crippen LogP contribution in [0, 0.1) is 11.6 Å². The topological polar surface area (TPSA) is 21.6 Å². The van der Waals surface area contributed by atoms with E-state index in [1.807, 2.05) is 0 Å². The number of alkyl halides is 2. The first kappa shape index (κ1) is 15.0. The fraction of sp³-hybridized carbons (Fsp3) is 0.133. The molecule has 0 spiro atoms. The van der Waals surface area contributed by atoms with Crippen molar-refractivity contribution in [2.45, 2.75) is 13.0 Å². The van der Waals surface area contributed by atoms with Gasteiger partial charge in [0.15, 0.2) is 0 Å². The maximum Gasteiger partial charge on any atom is 0.263 e. The van der Waals surface area contributed by atoms with E-state index in [2.05, 4.69) is 5.16 Å². The first-order valence-corrected chi connectivity index (χ1v) is 6.03. The van der Waals surface area contributed by atoms with Crippen LogP contribution in [0.2, 0.25) is 0 Å². The van der Waals surface area contributed by atoms with Gasteiger partial charge in [-0.3, -0.25) is 0 Å². The lowest BCUT2D eigenvalue weighted by Crippen LogP contribution is -1.94. The molecule has 0 bridgehead atoms. The Bertz CT molecular complexity index is 643. The van der Waals surface area contributed by atoms with Gasteiger partial charge in [-0.2, -0.15) is 0 Å². The van der Waals surface area contributed by atoms with Gasteiger partial charge in [-0.25, -0.2) is 17.6 Å². The Hall–Kier alpha value is -2.37. The van der Waals surface area contributed by atoms with Crippen molar-refractivity contribution in [2.24, 2.45) is 5.16 Å². The third-order valence-corrected chi connectivity index (χ3v) is 2.67. The van der Waals surface area contributed by atoms with Crippen LogP contribution in [0.3, 0.4) is 0 Å².